The second kappa shape index (κ2) is 4.07. The summed E-state index contributed by atoms with van der Waals surface area (Å²) in [4.78, 5) is 48.6. The van der Waals surface area contributed by atoms with Gasteiger partial charge in [-0.1, -0.05) is 0 Å². The van der Waals surface area contributed by atoms with E-state index in [1.54, 1.807) is 0 Å². The van der Waals surface area contributed by atoms with E-state index in [9.17, 15) is 45.3 Å². The Morgan fingerprint density at radius 2 is 1.45 bits per heavy atom. The molecule has 15 nitrogen and oxygen atoms in total. The van der Waals surface area contributed by atoms with Crippen molar-refractivity contribution in [2.45, 2.75) is 11.3 Å². The number of nitro groups is 4. The molecule has 0 spiro atoms. The van der Waals surface area contributed by atoms with E-state index in [4.69, 9.17) is 5.11 Å². The summed E-state index contributed by atoms with van der Waals surface area (Å²) < 4.78 is 0. The van der Waals surface area contributed by atoms with Crippen molar-refractivity contribution in [1.29, 1.82) is 0 Å². The average molecular weight is 293 g/mol. The summed E-state index contributed by atoms with van der Waals surface area (Å²) in [5.41, 5.74) is -8.29. The third-order valence-electron chi connectivity index (χ3n) is 2.59. The highest BCUT2D eigenvalue weighted by molar-refractivity contribution is 5.79. The van der Waals surface area contributed by atoms with Crippen LogP contribution in [-0.4, -0.2) is 47.2 Å². The number of rotatable bonds is 5. The Balaban J connectivity index is 3.86. The number of hydrazine groups is 1. The van der Waals surface area contributed by atoms with Crippen LogP contribution in [0.4, 0.5) is 0 Å². The molecular formula is C5H3N5O10. The van der Waals surface area contributed by atoms with Crippen molar-refractivity contribution in [3.63, 3.8) is 0 Å². The van der Waals surface area contributed by atoms with Gasteiger partial charge in [0.05, 0.1) is 11.1 Å². The van der Waals surface area contributed by atoms with Crippen LogP contribution in [-0.2, 0) is 4.79 Å². The molecular weight excluding hydrogens is 290 g/mol. The van der Waals surface area contributed by atoms with Gasteiger partial charge in [0.1, 0.15) is 15.9 Å². The third-order valence-corrected chi connectivity index (χ3v) is 2.59. The van der Waals surface area contributed by atoms with E-state index >= 15 is 0 Å². The van der Waals surface area contributed by atoms with E-state index in [0.717, 1.165) is 0 Å². The van der Waals surface area contributed by atoms with Gasteiger partial charge in [0.2, 0.25) is 0 Å². The lowest BCUT2D eigenvalue weighted by Gasteiger charge is -2.22. The standard InChI is InChI=1S/C5H3N5O10/c11-3(12)5(9(17)18)4(7(13)14,8(15)16)1-2-6(5)10(19)20/h1-2H,(H,11,12). The molecule has 1 heterocycles. The zero-order valence-corrected chi connectivity index (χ0v) is 9.01. The third kappa shape index (κ3) is 1.30. The van der Waals surface area contributed by atoms with E-state index in [2.05, 4.69) is 0 Å². The highest BCUT2D eigenvalue weighted by atomic mass is 16.7. The molecule has 0 aromatic rings. The summed E-state index contributed by atoms with van der Waals surface area (Å²) in [5.74, 6) is -2.72. The molecule has 15 heteroatoms. The van der Waals surface area contributed by atoms with Gasteiger partial charge < -0.3 is 5.11 Å². The van der Waals surface area contributed by atoms with Crippen molar-refractivity contribution >= 4 is 5.97 Å². The predicted octanol–water partition coefficient (Wildman–Crippen LogP) is -1.69. The SMILES string of the molecule is O=C(O)C1([N+](=O)[O-])N([N+](=O)[O-])C=CC1([N+](=O)[O-])[N+](=O)[O-]. The van der Waals surface area contributed by atoms with Crippen LogP contribution in [0.3, 0.4) is 0 Å². The van der Waals surface area contributed by atoms with Crippen molar-refractivity contribution in [3.8, 4) is 0 Å². The molecule has 1 N–H and O–H groups in total. The zero-order valence-electron chi connectivity index (χ0n) is 9.01. The molecule has 0 radical (unpaired) electrons. The van der Waals surface area contributed by atoms with Gasteiger partial charge in [-0.25, -0.2) is 14.9 Å². The van der Waals surface area contributed by atoms with Crippen LogP contribution < -0.4 is 0 Å². The lowest BCUT2D eigenvalue weighted by Crippen LogP contribution is -2.74. The summed E-state index contributed by atoms with van der Waals surface area (Å²) in [6.45, 7) is 0. The minimum absolute atomic E-state index is 0.00250. The van der Waals surface area contributed by atoms with E-state index < -0.39 is 42.1 Å². The number of hydrogen-bond donors (Lipinski definition) is 1. The first-order valence-electron chi connectivity index (χ1n) is 4.36. The van der Waals surface area contributed by atoms with E-state index in [-0.39, 0.29) is 12.3 Å². The van der Waals surface area contributed by atoms with Crippen molar-refractivity contribution < 1.29 is 29.7 Å². The maximum atomic E-state index is 11.1. The molecule has 0 amide bonds. The van der Waals surface area contributed by atoms with Gasteiger partial charge in [-0.2, -0.15) is 0 Å². The highest BCUT2D eigenvalue weighted by Gasteiger charge is 2.94. The van der Waals surface area contributed by atoms with Gasteiger partial charge in [-0.15, -0.1) is 0 Å². The van der Waals surface area contributed by atoms with E-state index in [0.29, 0.717) is 0 Å². The Bertz CT molecular complexity index is 538. The lowest BCUT2D eigenvalue weighted by atomic mass is 9.96. The Labute approximate surface area is 106 Å². The Morgan fingerprint density at radius 1 is 1.00 bits per heavy atom. The summed E-state index contributed by atoms with van der Waals surface area (Å²) in [7, 11) is 0. The minimum Gasteiger partial charge on any atom is -0.474 e. The topological polar surface area (TPSA) is 213 Å². The first kappa shape index (κ1) is 14.7. The fourth-order valence-corrected chi connectivity index (χ4v) is 1.73. The van der Waals surface area contributed by atoms with Crippen LogP contribution in [0.1, 0.15) is 0 Å². The molecule has 1 aliphatic rings. The molecule has 0 aromatic heterocycles. The van der Waals surface area contributed by atoms with Gasteiger partial charge in [0.25, 0.3) is 0 Å². The first-order valence-corrected chi connectivity index (χ1v) is 4.36. The van der Waals surface area contributed by atoms with Crippen molar-refractivity contribution in [2.75, 3.05) is 0 Å². The summed E-state index contributed by atoms with van der Waals surface area (Å²) >= 11 is 0. The van der Waals surface area contributed by atoms with Crippen LogP contribution >= 0.6 is 0 Å². The molecule has 0 fully saturated rings. The molecule has 20 heavy (non-hydrogen) atoms. The number of carbonyl (C=O) groups is 1. The monoisotopic (exact) mass is 293 g/mol. The van der Waals surface area contributed by atoms with Gasteiger partial charge in [0, 0.05) is 0 Å². The molecule has 1 aliphatic heterocycles. The number of carboxylic acids is 1. The lowest BCUT2D eigenvalue weighted by molar-refractivity contribution is -0.863. The maximum absolute atomic E-state index is 11.1. The van der Waals surface area contributed by atoms with E-state index in [1.807, 2.05) is 0 Å². The second-order valence-corrected chi connectivity index (χ2v) is 3.37. The van der Waals surface area contributed by atoms with Crippen LogP contribution in [0.15, 0.2) is 12.3 Å². The smallest absolute Gasteiger partial charge is 0.474 e. The fourth-order valence-electron chi connectivity index (χ4n) is 1.73. The van der Waals surface area contributed by atoms with E-state index in [1.165, 1.54) is 0 Å². The van der Waals surface area contributed by atoms with Crippen LogP contribution in [0.5, 0.6) is 0 Å². The van der Waals surface area contributed by atoms with Gasteiger partial charge in [0.15, 0.2) is 5.03 Å². The molecule has 0 bridgehead atoms. The average Bonchev–Trinajstić information content (AvgIpc) is 2.65. The highest BCUT2D eigenvalue weighted by Crippen LogP contribution is 2.40. The normalized spacial score (nSPS) is 23.3. The van der Waals surface area contributed by atoms with Crippen LogP contribution in [0.25, 0.3) is 0 Å². The molecule has 0 aliphatic carbocycles. The molecule has 0 saturated heterocycles. The Kier molecular flexibility index (Phi) is 2.99. The van der Waals surface area contributed by atoms with Crippen LogP contribution in [0.2, 0.25) is 0 Å². The van der Waals surface area contributed by atoms with Crippen molar-refractivity contribution in [3.05, 3.63) is 52.7 Å². The maximum Gasteiger partial charge on any atom is 0.585 e. The van der Waals surface area contributed by atoms with Gasteiger partial charge in [-0.05, 0) is 5.01 Å². The molecule has 108 valence electrons. The number of hydrogen-bond acceptors (Lipinski definition) is 9. The van der Waals surface area contributed by atoms with Crippen LogP contribution in [0, 0.1) is 40.5 Å². The van der Waals surface area contributed by atoms with Crippen molar-refractivity contribution in [1.82, 2.24) is 5.01 Å². The summed E-state index contributed by atoms with van der Waals surface area (Å²) in [5, 5.41) is 49.7. The number of nitrogens with zero attached hydrogens (tertiary/aromatic N) is 5. The molecule has 1 rings (SSSR count). The largest absolute Gasteiger partial charge is 0.585 e. The first-order chi connectivity index (χ1) is 9.06. The quantitative estimate of drug-likeness (QED) is 0.342. The minimum atomic E-state index is -4.25. The predicted molar refractivity (Wildman–Crippen MR) is 52.1 cm³/mol. The van der Waals surface area contributed by atoms with Crippen molar-refractivity contribution in [2.24, 2.45) is 0 Å². The second-order valence-electron chi connectivity index (χ2n) is 3.37. The molecule has 0 saturated carbocycles. The summed E-state index contributed by atoms with van der Waals surface area (Å²) in [6.07, 6.45) is -0.116. The Hall–Kier alpha value is -3.39. The van der Waals surface area contributed by atoms with Gasteiger partial charge in [-0.3, -0.25) is 30.3 Å². The molecule has 0 aromatic carbocycles. The number of aliphatic carboxylic acids is 1. The summed E-state index contributed by atoms with van der Waals surface area (Å²) in [6, 6.07) is 0. The fraction of sp³-hybridized carbons (Fsp3) is 0.400. The Morgan fingerprint density at radius 3 is 1.70 bits per heavy atom. The molecule has 1 unspecified atom stereocenters. The van der Waals surface area contributed by atoms with Gasteiger partial charge >= 0.3 is 17.3 Å². The zero-order chi connectivity index (χ0) is 15.9. The molecule has 1 atom stereocenters. The number of carboxylic acid groups (broad SMARTS) is 1.